The van der Waals surface area contributed by atoms with Gasteiger partial charge in [-0.3, -0.25) is 4.79 Å². The summed E-state index contributed by atoms with van der Waals surface area (Å²) in [6.07, 6.45) is 0.596. The molecule has 0 aliphatic rings. The van der Waals surface area contributed by atoms with Gasteiger partial charge in [0.05, 0.1) is 11.7 Å². The molecule has 1 aromatic carbocycles. The van der Waals surface area contributed by atoms with Crippen LogP contribution in [0.25, 0.3) is 0 Å². The van der Waals surface area contributed by atoms with Crippen molar-refractivity contribution in [2.75, 3.05) is 0 Å². The molecule has 0 fully saturated rings. The smallest absolute Gasteiger partial charge is 0.265 e. The number of aryl methyl sites for hydroxylation is 1. The van der Waals surface area contributed by atoms with Gasteiger partial charge in [-0.2, -0.15) is 0 Å². The van der Waals surface area contributed by atoms with Gasteiger partial charge < -0.3 is 5.32 Å². The summed E-state index contributed by atoms with van der Waals surface area (Å²) in [7, 11) is 0. The summed E-state index contributed by atoms with van der Waals surface area (Å²) in [6.45, 7) is 3.50. The third kappa shape index (κ3) is 2.98. The second-order valence-electron chi connectivity index (χ2n) is 4.26. The van der Waals surface area contributed by atoms with Gasteiger partial charge in [0.15, 0.2) is 0 Å². The fraction of sp³-hybridized carbons (Fsp3) is 0.308. The molecule has 2 aromatic rings. The standard InChI is InChI=1S/C13H13F2N3OS/c1-3-11-12(20-18-17-11)13(19)16-7(2)9-5-4-8(14)6-10(9)15/h4-7H,3H2,1-2H3,(H,16,19)/t7-/m1/s1. The number of rotatable bonds is 4. The molecule has 0 aliphatic carbocycles. The van der Waals surface area contributed by atoms with Crippen molar-refractivity contribution in [3.8, 4) is 0 Å². The number of hydrogen-bond donors (Lipinski definition) is 1. The van der Waals surface area contributed by atoms with Crippen molar-refractivity contribution >= 4 is 17.4 Å². The lowest BCUT2D eigenvalue weighted by Crippen LogP contribution is -2.27. The first-order chi connectivity index (χ1) is 9.52. The molecule has 7 heteroatoms. The Hall–Kier alpha value is -1.89. The Balaban J connectivity index is 2.15. The molecule has 1 aromatic heterocycles. The fourth-order valence-electron chi connectivity index (χ4n) is 1.81. The topological polar surface area (TPSA) is 54.9 Å². The molecule has 20 heavy (non-hydrogen) atoms. The molecule has 1 N–H and O–H groups in total. The highest BCUT2D eigenvalue weighted by Gasteiger charge is 2.19. The van der Waals surface area contributed by atoms with Crippen molar-refractivity contribution < 1.29 is 13.6 Å². The third-order valence-electron chi connectivity index (χ3n) is 2.87. The van der Waals surface area contributed by atoms with Crippen molar-refractivity contribution in [1.82, 2.24) is 14.9 Å². The summed E-state index contributed by atoms with van der Waals surface area (Å²) in [5, 5.41) is 6.51. The number of aromatic nitrogens is 2. The molecule has 0 aliphatic heterocycles. The molecule has 0 radical (unpaired) electrons. The van der Waals surface area contributed by atoms with Crippen molar-refractivity contribution in [2.24, 2.45) is 0 Å². The van der Waals surface area contributed by atoms with Gasteiger partial charge in [-0.15, -0.1) is 5.10 Å². The van der Waals surface area contributed by atoms with E-state index in [9.17, 15) is 13.6 Å². The predicted molar refractivity (Wildman–Crippen MR) is 71.5 cm³/mol. The van der Waals surface area contributed by atoms with Crippen molar-refractivity contribution in [3.05, 3.63) is 46.0 Å². The average Bonchev–Trinajstić information content (AvgIpc) is 2.86. The van der Waals surface area contributed by atoms with E-state index >= 15 is 0 Å². The Morgan fingerprint density at radius 3 is 2.85 bits per heavy atom. The monoisotopic (exact) mass is 297 g/mol. The summed E-state index contributed by atoms with van der Waals surface area (Å²) in [4.78, 5) is 12.5. The van der Waals surface area contributed by atoms with Crippen LogP contribution in [0.3, 0.4) is 0 Å². The minimum absolute atomic E-state index is 0.232. The molecule has 0 unspecified atom stereocenters. The predicted octanol–water partition coefficient (Wildman–Crippen LogP) is 2.87. The van der Waals surface area contributed by atoms with E-state index in [4.69, 9.17) is 0 Å². The average molecular weight is 297 g/mol. The van der Waals surface area contributed by atoms with E-state index in [-0.39, 0.29) is 11.5 Å². The maximum atomic E-state index is 13.6. The minimum atomic E-state index is -0.684. The molecule has 0 spiro atoms. The van der Waals surface area contributed by atoms with Gasteiger partial charge in [0.2, 0.25) is 0 Å². The molecular formula is C13H13F2N3OS. The van der Waals surface area contributed by atoms with E-state index in [1.807, 2.05) is 6.92 Å². The molecule has 0 saturated carbocycles. The highest BCUT2D eigenvalue weighted by Crippen LogP contribution is 2.19. The van der Waals surface area contributed by atoms with Crippen LogP contribution in [-0.4, -0.2) is 15.5 Å². The first kappa shape index (κ1) is 14.5. The Morgan fingerprint density at radius 1 is 1.45 bits per heavy atom. The van der Waals surface area contributed by atoms with Gasteiger partial charge in [0.1, 0.15) is 16.5 Å². The maximum Gasteiger partial charge on any atom is 0.265 e. The number of nitrogens with zero attached hydrogens (tertiary/aromatic N) is 2. The number of hydrogen-bond acceptors (Lipinski definition) is 4. The van der Waals surface area contributed by atoms with Gasteiger partial charge in [0, 0.05) is 11.6 Å². The Labute approximate surface area is 119 Å². The van der Waals surface area contributed by atoms with Gasteiger partial charge >= 0.3 is 0 Å². The lowest BCUT2D eigenvalue weighted by atomic mass is 10.1. The van der Waals surface area contributed by atoms with Crippen LogP contribution in [0.15, 0.2) is 18.2 Å². The second kappa shape index (κ2) is 6.04. The number of halogens is 2. The largest absolute Gasteiger partial charge is 0.345 e. The van der Waals surface area contributed by atoms with E-state index in [2.05, 4.69) is 14.9 Å². The van der Waals surface area contributed by atoms with Crippen LogP contribution in [0.4, 0.5) is 8.78 Å². The number of carbonyl (C=O) groups excluding carboxylic acids is 1. The first-order valence-corrected chi connectivity index (χ1v) is 6.87. The van der Waals surface area contributed by atoms with Crippen LogP contribution in [0.5, 0.6) is 0 Å². The van der Waals surface area contributed by atoms with Gasteiger partial charge in [-0.1, -0.05) is 17.5 Å². The Morgan fingerprint density at radius 2 is 2.20 bits per heavy atom. The number of amides is 1. The highest BCUT2D eigenvalue weighted by atomic mass is 32.1. The van der Waals surface area contributed by atoms with Crippen LogP contribution < -0.4 is 5.32 Å². The highest BCUT2D eigenvalue weighted by molar-refractivity contribution is 7.08. The summed E-state index contributed by atoms with van der Waals surface area (Å²) >= 11 is 0.999. The molecule has 1 atom stereocenters. The lowest BCUT2D eigenvalue weighted by molar-refractivity contribution is 0.0942. The zero-order valence-electron chi connectivity index (χ0n) is 11.0. The van der Waals surface area contributed by atoms with Crippen molar-refractivity contribution in [2.45, 2.75) is 26.3 Å². The summed E-state index contributed by atoms with van der Waals surface area (Å²) in [5.41, 5.74) is 0.842. The summed E-state index contributed by atoms with van der Waals surface area (Å²) in [6, 6.07) is 2.70. The van der Waals surface area contributed by atoms with E-state index in [0.717, 1.165) is 23.7 Å². The molecule has 4 nitrogen and oxygen atoms in total. The van der Waals surface area contributed by atoms with Gasteiger partial charge in [0.25, 0.3) is 5.91 Å². The van der Waals surface area contributed by atoms with Gasteiger partial charge in [-0.05, 0) is 30.9 Å². The zero-order chi connectivity index (χ0) is 14.7. The summed E-state index contributed by atoms with van der Waals surface area (Å²) in [5.74, 6) is -1.69. The quantitative estimate of drug-likeness (QED) is 0.944. The Kier molecular flexibility index (Phi) is 4.39. The van der Waals surface area contributed by atoms with Crippen molar-refractivity contribution in [1.29, 1.82) is 0 Å². The first-order valence-electron chi connectivity index (χ1n) is 6.10. The molecule has 1 heterocycles. The minimum Gasteiger partial charge on any atom is -0.345 e. The van der Waals surface area contributed by atoms with E-state index in [1.165, 1.54) is 6.07 Å². The number of nitrogens with one attached hydrogen (secondary N) is 1. The van der Waals surface area contributed by atoms with Crippen LogP contribution in [0.2, 0.25) is 0 Å². The number of carbonyl (C=O) groups is 1. The van der Waals surface area contributed by atoms with Crippen molar-refractivity contribution in [3.63, 3.8) is 0 Å². The Bertz CT molecular complexity index is 630. The molecule has 106 valence electrons. The van der Waals surface area contributed by atoms with Gasteiger partial charge in [-0.25, -0.2) is 8.78 Å². The van der Waals surface area contributed by atoms with E-state index in [0.29, 0.717) is 17.0 Å². The SMILES string of the molecule is CCc1nnsc1C(=O)N[C@H](C)c1ccc(F)cc1F. The number of benzene rings is 1. The second-order valence-corrected chi connectivity index (χ2v) is 5.02. The van der Waals surface area contributed by atoms with E-state index < -0.39 is 17.7 Å². The summed E-state index contributed by atoms with van der Waals surface area (Å²) < 4.78 is 30.2. The molecule has 2 rings (SSSR count). The molecule has 0 saturated heterocycles. The third-order valence-corrected chi connectivity index (χ3v) is 3.64. The lowest BCUT2D eigenvalue weighted by Gasteiger charge is -2.14. The van der Waals surface area contributed by atoms with Crippen LogP contribution in [0.1, 0.15) is 40.8 Å². The van der Waals surface area contributed by atoms with Crippen LogP contribution in [0, 0.1) is 11.6 Å². The zero-order valence-corrected chi connectivity index (χ0v) is 11.8. The molecule has 0 bridgehead atoms. The van der Waals surface area contributed by atoms with Crippen LogP contribution in [-0.2, 0) is 6.42 Å². The van der Waals surface area contributed by atoms with Crippen LogP contribution >= 0.6 is 11.5 Å². The molecular weight excluding hydrogens is 284 g/mol. The van der Waals surface area contributed by atoms with E-state index in [1.54, 1.807) is 6.92 Å². The fourth-order valence-corrected chi connectivity index (χ4v) is 2.46. The normalized spacial score (nSPS) is 12.2. The molecule has 1 amide bonds. The maximum absolute atomic E-state index is 13.6.